The van der Waals surface area contributed by atoms with E-state index in [4.69, 9.17) is 4.74 Å². The molecule has 0 spiro atoms. The van der Waals surface area contributed by atoms with Gasteiger partial charge in [-0.3, -0.25) is 9.78 Å². The Morgan fingerprint density at radius 3 is 2.96 bits per heavy atom. The quantitative estimate of drug-likeness (QED) is 0.717. The Kier molecular flexibility index (Phi) is 3.76. The van der Waals surface area contributed by atoms with E-state index < -0.39 is 0 Å². The third-order valence-electron chi connectivity index (χ3n) is 3.74. The van der Waals surface area contributed by atoms with Crippen LogP contribution >= 0.6 is 11.3 Å². The van der Waals surface area contributed by atoms with E-state index in [9.17, 15) is 4.79 Å². The molecule has 0 saturated carbocycles. The van der Waals surface area contributed by atoms with Crippen molar-refractivity contribution < 1.29 is 4.74 Å². The number of thiazole rings is 1. The molecule has 0 bridgehead atoms. The molecule has 0 aromatic carbocycles. The lowest BCUT2D eigenvalue weighted by Crippen LogP contribution is -2.36. The highest BCUT2D eigenvalue weighted by molar-refractivity contribution is 7.22. The highest BCUT2D eigenvalue weighted by Crippen LogP contribution is 2.27. The Morgan fingerprint density at radius 2 is 2.17 bits per heavy atom. The molecule has 0 N–H and O–H groups in total. The SMILES string of the molecule is O=c1ncn(Cc2cccnc2)c2nc(N3CCOCC3)sc12. The van der Waals surface area contributed by atoms with Gasteiger partial charge in [0.15, 0.2) is 10.8 Å². The molecule has 4 rings (SSSR count). The normalized spacial score (nSPS) is 15.2. The monoisotopic (exact) mass is 329 g/mol. The van der Waals surface area contributed by atoms with E-state index in [-0.39, 0.29) is 5.56 Å². The third-order valence-corrected chi connectivity index (χ3v) is 4.83. The molecule has 0 radical (unpaired) electrons. The minimum Gasteiger partial charge on any atom is -0.378 e. The summed E-state index contributed by atoms with van der Waals surface area (Å²) in [7, 11) is 0. The van der Waals surface area contributed by atoms with Crippen LogP contribution in [-0.2, 0) is 11.3 Å². The summed E-state index contributed by atoms with van der Waals surface area (Å²) in [5.74, 6) is 0. The summed E-state index contributed by atoms with van der Waals surface area (Å²) in [5.41, 5.74) is 1.50. The Morgan fingerprint density at radius 1 is 1.30 bits per heavy atom. The van der Waals surface area contributed by atoms with E-state index in [2.05, 4.69) is 19.9 Å². The molecular formula is C15H15N5O2S. The summed E-state index contributed by atoms with van der Waals surface area (Å²) in [6, 6.07) is 3.88. The molecule has 118 valence electrons. The number of aromatic nitrogens is 4. The third kappa shape index (κ3) is 2.82. The first-order chi connectivity index (χ1) is 11.3. The van der Waals surface area contributed by atoms with Crippen molar-refractivity contribution in [2.24, 2.45) is 0 Å². The molecule has 0 atom stereocenters. The van der Waals surface area contributed by atoms with E-state index >= 15 is 0 Å². The van der Waals surface area contributed by atoms with E-state index in [0.717, 1.165) is 23.8 Å². The van der Waals surface area contributed by atoms with Gasteiger partial charge in [-0.2, -0.15) is 4.98 Å². The molecule has 1 aliphatic rings. The van der Waals surface area contributed by atoms with Gasteiger partial charge < -0.3 is 14.2 Å². The first-order valence-corrected chi connectivity index (χ1v) is 8.20. The first kappa shape index (κ1) is 14.3. The fourth-order valence-corrected chi connectivity index (χ4v) is 3.59. The predicted octanol–water partition coefficient (Wildman–Crippen LogP) is 1.13. The summed E-state index contributed by atoms with van der Waals surface area (Å²) >= 11 is 1.40. The molecule has 3 aromatic heterocycles. The van der Waals surface area contributed by atoms with Crippen LogP contribution in [0, 0.1) is 0 Å². The molecule has 0 aliphatic carbocycles. The summed E-state index contributed by atoms with van der Waals surface area (Å²) in [6.07, 6.45) is 5.10. The minimum atomic E-state index is -0.223. The molecule has 0 amide bonds. The van der Waals surface area contributed by atoms with Gasteiger partial charge in [0.1, 0.15) is 11.0 Å². The second-order valence-electron chi connectivity index (χ2n) is 5.29. The number of rotatable bonds is 3. The van der Waals surface area contributed by atoms with Crippen molar-refractivity contribution in [1.29, 1.82) is 0 Å². The van der Waals surface area contributed by atoms with Crippen molar-refractivity contribution in [1.82, 2.24) is 19.5 Å². The second-order valence-corrected chi connectivity index (χ2v) is 6.27. The first-order valence-electron chi connectivity index (χ1n) is 7.39. The van der Waals surface area contributed by atoms with E-state index in [1.165, 1.54) is 11.3 Å². The van der Waals surface area contributed by atoms with Crippen molar-refractivity contribution in [3.63, 3.8) is 0 Å². The molecule has 23 heavy (non-hydrogen) atoms. The molecule has 1 fully saturated rings. The van der Waals surface area contributed by atoms with Gasteiger partial charge in [0.25, 0.3) is 5.56 Å². The van der Waals surface area contributed by atoms with E-state index in [0.29, 0.717) is 30.1 Å². The maximum absolute atomic E-state index is 12.1. The van der Waals surface area contributed by atoms with Crippen molar-refractivity contribution in [3.8, 4) is 0 Å². The molecule has 3 aromatic rings. The summed E-state index contributed by atoms with van der Waals surface area (Å²) in [5, 5.41) is 0.855. The van der Waals surface area contributed by atoms with Crippen LogP contribution < -0.4 is 10.5 Å². The molecule has 7 nitrogen and oxygen atoms in total. The zero-order chi connectivity index (χ0) is 15.6. The second kappa shape index (κ2) is 6.05. The number of pyridine rings is 1. The van der Waals surface area contributed by atoms with Crippen molar-refractivity contribution in [2.75, 3.05) is 31.2 Å². The molecule has 8 heteroatoms. The van der Waals surface area contributed by atoms with E-state index in [1.54, 1.807) is 18.7 Å². The number of morpholine rings is 1. The largest absolute Gasteiger partial charge is 0.378 e. The summed E-state index contributed by atoms with van der Waals surface area (Å²) in [6.45, 7) is 3.56. The van der Waals surface area contributed by atoms with Gasteiger partial charge in [-0.25, -0.2) is 4.98 Å². The highest BCUT2D eigenvalue weighted by Gasteiger charge is 2.18. The van der Waals surface area contributed by atoms with Crippen LogP contribution in [0.1, 0.15) is 5.56 Å². The Balaban J connectivity index is 1.75. The summed E-state index contributed by atoms with van der Waals surface area (Å²) < 4.78 is 7.86. The maximum atomic E-state index is 12.1. The number of nitrogens with zero attached hydrogens (tertiary/aromatic N) is 5. The standard InChI is InChI=1S/C15H15N5O2S/c21-14-12-13(18-15(23-12)19-4-6-22-7-5-19)20(10-17-14)9-11-2-1-3-16-8-11/h1-3,8,10H,4-7,9H2. The van der Waals surface area contributed by atoms with Gasteiger partial charge in [-0.15, -0.1) is 0 Å². The number of hydrogen-bond donors (Lipinski definition) is 0. The van der Waals surface area contributed by atoms with Crippen LogP contribution in [0.3, 0.4) is 0 Å². The van der Waals surface area contributed by atoms with Crippen LogP contribution in [0.2, 0.25) is 0 Å². The van der Waals surface area contributed by atoms with Gasteiger partial charge in [-0.05, 0) is 11.6 Å². The van der Waals surface area contributed by atoms with E-state index in [1.807, 2.05) is 16.7 Å². The van der Waals surface area contributed by atoms with Crippen LogP contribution in [0.15, 0.2) is 35.6 Å². The zero-order valence-electron chi connectivity index (χ0n) is 12.4. The van der Waals surface area contributed by atoms with Crippen molar-refractivity contribution >= 4 is 26.8 Å². The molecular weight excluding hydrogens is 314 g/mol. The van der Waals surface area contributed by atoms with Crippen molar-refractivity contribution in [2.45, 2.75) is 6.54 Å². The smallest absolute Gasteiger partial charge is 0.292 e. The topological polar surface area (TPSA) is 73.1 Å². The average molecular weight is 329 g/mol. The maximum Gasteiger partial charge on any atom is 0.292 e. The fraction of sp³-hybridized carbons (Fsp3) is 0.333. The Bertz CT molecular complexity index is 870. The molecule has 1 aliphatic heterocycles. The minimum absolute atomic E-state index is 0.223. The van der Waals surface area contributed by atoms with Crippen molar-refractivity contribution in [3.05, 3.63) is 46.8 Å². The molecule has 1 saturated heterocycles. The van der Waals surface area contributed by atoms with Crippen LogP contribution in [0.25, 0.3) is 10.3 Å². The Hall–Kier alpha value is -2.32. The molecule has 0 unspecified atom stereocenters. The zero-order valence-corrected chi connectivity index (χ0v) is 13.2. The lowest BCUT2D eigenvalue weighted by atomic mass is 10.3. The Labute approximate surface area is 136 Å². The lowest BCUT2D eigenvalue weighted by molar-refractivity contribution is 0.122. The van der Waals surface area contributed by atoms with Gasteiger partial charge in [-0.1, -0.05) is 17.4 Å². The van der Waals surface area contributed by atoms with Gasteiger partial charge in [0.2, 0.25) is 0 Å². The number of fused-ring (bicyclic) bond motifs is 1. The van der Waals surface area contributed by atoms with Crippen LogP contribution in [0.4, 0.5) is 5.13 Å². The lowest BCUT2D eigenvalue weighted by Gasteiger charge is -2.25. The van der Waals surface area contributed by atoms with Crippen LogP contribution in [0.5, 0.6) is 0 Å². The highest BCUT2D eigenvalue weighted by atomic mass is 32.1. The number of ether oxygens (including phenoxy) is 1. The fourth-order valence-electron chi connectivity index (χ4n) is 2.56. The van der Waals surface area contributed by atoms with Gasteiger partial charge in [0.05, 0.1) is 19.8 Å². The average Bonchev–Trinajstić information content (AvgIpc) is 3.06. The summed E-state index contributed by atoms with van der Waals surface area (Å²) in [4.78, 5) is 27.0. The number of hydrogen-bond acceptors (Lipinski definition) is 7. The predicted molar refractivity (Wildman–Crippen MR) is 88.0 cm³/mol. The van der Waals surface area contributed by atoms with Gasteiger partial charge >= 0.3 is 0 Å². The number of anilines is 1. The van der Waals surface area contributed by atoms with Crippen LogP contribution in [-0.4, -0.2) is 45.8 Å². The van der Waals surface area contributed by atoms with Gasteiger partial charge in [0, 0.05) is 25.5 Å². The molecule has 4 heterocycles.